The average molecular weight is 155 g/mol. The Morgan fingerprint density at radius 2 is 2.18 bits per heavy atom. The Bertz CT molecular complexity index is 230. The molecule has 1 rings (SSSR count). The molecule has 1 atom stereocenters. The van der Waals surface area contributed by atoms with Gasteiger partial charge in [-0.15, -0.1) is 0 Å². The summed E-state index contributed by atoms with van der Waals surface area (Å²) >= 11 is 0. The molecular weight excluding hydrogens is 142 g/mol. The first-order valence-corrected chi connectivity index (χ1v) is 3.65. The van der Waals surface area contributed by atoms with Crippen molar-refractivity contribution in [1.29, 1.82) is 0 Å². The van der Waals surface area contributed by atoms with Crippen LogP contribution in [0.1, 0.15) is 25.6 Å². The Morgan fingerprint density at radius 1 is 1.55 bits per heavy atom. The van der Waals surface area contributed by atoms with Crippen LogP contribution in [0.25, 0.3) is 0 Å². The second kappa shape index (κ2) is 2.96. The highest BCUT2D eigenvalue weighted by Crippen LogP contribution is 2.27. The van der Waals surface area contributed by atoms with Gasteiger partial charge in [-0.1, -0.05) is 13.8 Å². The Hall–Kier alpha value is -0.960. The molecule has 3 N–H and O–H groups in total. The number of furan rings is 1. The number of hydrogen-bond donors (Lipinski definition) is 2. The van der Waals surface area contributed by atoms with Crippen molar-refractivity contribution in [3.63, 3.8) is 0 Å². The predicted molar refractivity (Wildman–Crippen MR) is 42.1 cm³/mol. The van der Waals surface area contributed by atoms with E-state index < -0.39 is 0 Å². The van der Waals surface area contributed by atoms with Gasteiger partial charge < -0.3 is 15.3 Å². The van der Waals surface area contributed by atoms with E-state index in [1.165, 1.54) is 12.3 Å². The van der Waals surface area contributed by atoms with Crippen LogP contribution in [0, 0.1) is 5.92 Å². The zero-order valence-corrected chi connectivity index (χ0v) is 6.74. The third-order valence-corrected chi connectivity index (χ3v) is 1.69. The van der Waals surface area contributed by atoms with Crippen molar-refractivity contribution < 1.29 is 9.52 Å². The normalized spacial score (nSPS) is 13.8. The van der Waals surface area contributed by atoms with E-state index in [0.717, 1.165) is 0 Å². The molecule has 1 heterocycles. The van der Waals surface area contributed by atoms with Crippen molar-refractivity contribution in [2.45, 2.75) is 19.9 Å². The molecule has 3 nitrogen and oxygen atoms in total. The molecule has 0 saturated carbocycles. The molecule has 0 aliphatic carbocycles. The van der Waals surface area contributed by atoms with Gasteiger partial charge in [0.1, 0.15) is 0 Å². The van der Waals surface area contributed by atoms with E-state index in [4.69, 9.17) is 10.2 Å². The van der Waals surface area contributed by atoms with Crippen molar-refractivity contribution in [3.8, 4) is 5.75 Å². The van der Waals surface area contributed by atoms with Crippen LogP contribution in [0.3, 0.4) is 0 Å². The minimum Gasteiger partial charge on any atom is -0.504 e. The third kappa shape index (κ3) is 1.54. The lowest BCUT2D eigenvalue weighted by Gasteiger charge is -2.12. The lowest BCUT2D eigenvalue weighted by Crippen LogP contribution is -2.15. The second-order valence-corrected chi connectivity index (χ2v) is 2.94. The van der Waals surface area contributed by atoms with Gasteiger partial charge in [-0.2, -0.15) is 0 Å². The molecule has 62 valence electrons. The molecule has 1 aromatic heterocycles. The highest BCUT2D eigenvalue weighted by molar-refractivity contribution is 5.25. The summed E-state index contributed by atoms with van der Waals surface area (Å²) in [6.45, 7) is 3.96. The summed E-state index contributed by atoms with van der Waals surface area (Å²) in [6.07, 6.45) is 1.44. The minimum atomic E-state index is -0.218. The summed E-state index contributed by atoms with van der Waals surface area (Å²) < 4.78 is 5.01. The lowest BCUT2D eigenvalue weighted by molar-refractivity contribution is 0.369. The Kier molecular flexibility index (Phi) is 2.19. The van der Waals surface area contributed by atoms with Gasteiger partial charge in [0.25, 0.3) is 0 Å². The summed E-state index contributed by atoms with van der Waals surface area (Å²) in [7, 11) is 0. The molecular formula is C8H13NO2. The van der Waals surface area contributed by atoms with Gasteiger partial charge in [0.05, 0.1) is 12.3 Å². The predicted octanol–water partition coefficient (Wildman–Crippen LogP) is 1.64. The fourth-order valence-corrected chi connectivity index (χ4v) is 0.866. The molecule has 0 radical (unpaired) electrons. The van der Waals surface area contributed by atoms with E-state index in [1.807, 2.05) is 13.8 Å². The van der Waals surface area contributed by atoms with Crippen LogP contribution in [0.15, 0.2) is 16.7 Å². The molecule has 0 aromatic carbocycles. The summed E-state index contributed by atoms with van der Waals surface area (Å²) in [5, 5.41) is 9.20. The zero-order valence-electron chi connectivity index (χ0n) is 6.74. The van der Waals surface area contributed by atoms with Gasteiger partial charge in [-0.05, 0) is 5.92 Å². The van der Waals surface area contributed by atoms with Crippen LogP contribution < -0.4 is 5.73 Å². The number of nitrogens with two attached hydrogens (primary N) is 1. The van der Waals surface area contributed by atoms with Crippen LogP contribution in [0.4, 0.5) is 0 Å². The first kappa shape index (κ1) is 8.14. The lowest BCUT2D eigenvalue weighted by atomic mass is 10.0. The van der Waals surface area contributed by atoms with Gasteiger partial charge in [0.2, 0.25) is 0 Å². The highest BCUT2D eigenvalue weighted by atomic mass is 16.4. The molecule has 0 amide bonds. The van der Waals surface area contributed by atoms with Crippen LogP contribution in [0.2, 0.25) is 0 Å². The van der Waals surface area contributed by atoms with Crippen molar-refractivity contribution in [2.24, 2.45) is 11.7 Å². The second-order valence-electron chi connectivity index (χ2n) is 2.94. The smallest absolute Gasteiger partial charge is 0.162 e. The quantitative estimate of drug-likeness (QED) is 0.682. The maximum Gasteiger partial charge on any atom is 0.162 e. The van der Waals surface area contributed by atoms with Crippen LogP contribution >= 0.6 is 0 Å². The van der Waals surface area contributed by atoms with Crippen LogP contribution in [-0.2, 0) is 0 Å². The number of aromatic hydroxyl groups is 1. The fourth-order valence-electron chi connectivity index (χ4n) is 0.866. The first-order valence-electron chi connectivity index (χ1n) is 3.65. The monoisotopic (exact) mass is 155 g/mol. The molecule has 0 saturated heterocycles. The van der Waals surface area contributed by atoms with E-state index >= 15 is 0 Å². The Morgan fingerprint density at radius 3 is 2.55 bits per heavy atom. The first-order chi connectivity index (χ1) is 5.13. The number of rotatable bonds is 2. The van der Waals surface area contributed by atoms with Gasteiger partial charge in [-0.25, -0.2) is 0 Å². The topological polar surface area (TPSA) is 59.4 Å². The zero-order chi connectivity index (χ0) is 8.43. The molecule has 0 aliphatic heterocycles. The van der Waals surface area contributed by atoms with Gasteiger partial charge >= 0.3 is 0 Å². The van der Waals surface area contributed by atoms with Crippen molar-refractivity contribution in [3.05, 3.63) is 18.1 Å². The van der Waals surface area contributed by atoms with Gasteiger partial charge in [-0.3, -0.25) is 0 Å². The summed E-state index contributed by atoms with van der Waals surface area (Å²) in [5.74, 6) is 0.887. The molecule has 0 bridgehead atoms. The van der Waals surface area contributed by atoms with Crippen molar-refractivity contribution in [2.75, 3.05) is 0 Å². The summed E-state index contributed by atoms with van der Waals surface area (Å²) in [5.41, 5.74) is 5.73. The minimum absolute atomic E-state index is 0.145. The van der Waals surface area contributed by atoms with Crippen LogP contribution in [0.5, 0.6) is 5.75 Å². The Labute approximate surface area is 65.8 Å². The molecule has 0 unspecified atom stereocenters. The molecule has 1 aromatic rings. The van der Waals surface area contributed by atoms with E-state index in [1.54, 1.807) is 0 Å². The SMILES string of the molecule is CC(C)[C@H](N)c1occc1O. The highest BCUT2D eigenvalue weighted by Gasteiger charge is 2.17. The van der Waals surface area contributed by atoms with Crippen LogP contribution in [-0.4, -0.2) is 5.11 Å². The summed E-state index contributed by atoms with van der Waals surface area (Å²) in [6, 6.07) is 1.28. The molecule has 11 heavy (non-hydrogen) atoms. The van der Waals surface area contributed by atoms with E-state index in [2.05, 4.69) is 0 Å². The van der Waals surface area contributed by atoms with Gasteiger partial charge in [0, 0.05) is 6.07 Å². The van der Waals surface area contributed by atoms with Crippen molar-refractivity contribution >= 4 is 0 Å². The largest absolute Gasteiger partial charge is 0.504 e. The molecule has 3 heteroatoms. The number of hydrogen-bond acceptors (Lipinski definition) is 3. The van der Waals surface area contributed by atoms with Crippen molar-refractivity contribution in [1.82, 2.24) is 0 Å². The maximum atomic E-state index is 9.20. The molecule has 0 spiro atoms. The molecule has 0 fully saturated rings. The third-order valence-electron chi connectivity index (χ3n) is 1.69. The van der Waals surface area contributed by atoms with Gasteiger partial charge in [0.15, 0.2) is 11.5 Å². The maximum absolute atomic E-state index is 9.20. The molecule has 0 aliphatic rings. The fraction of sp³-hybridized carbons (Fsp3) is 0.500. The van der Waals surface area contributed by atoms with E-state index in [0.29, 0.717) is 5.76 Å². The Balaban J connectivity index is 2.84. The van der Waals surface area contributed by atoms with E-state index in [-0.39, 0.29) is 17.7 Å². The average Bonchev–Trinajstić information content (AvgIpc) is 2.33. The standard InChI is InChI=1S/C8H13NO2/c1-5(2)7(9)8-6(10)3-4-11-8/h3-5,7,10H,9H2,1-2H3/t7-/m0/s1. The summed E-state index contributed by atoms with van der Waals surface area (Å²) in [4.78, 5) is 0. The van der Waals surface area contributed by atoms with E-state index in [9.17, 15) is 5.11 Å².